The molecule has 0 saturated carbocycles. The molecule has 5 heteroatoms. The van der Waals surface area contributed by atoms with Crippen molar-refractivity contribution in [1.29, 1.82) is 0 Å². The topological polar surface area (TPSA) is 51.6 Å². The molecule has 5 aromatic rings. The minimum Gasteiger partial charge on any atom is -0.264 e. The van der Waals surface area contributed by atoms with Crippen LogP contribution in [0.4, 0.5) is 0 Å². The normalized spacial score (nSPS) is 10.7. The third kappa shape index (κ3) is 4.06. The van der Waals surface area contributed by atoms with Crippen molar-refractivity contribution in [3.05, 3.63) is 108 Å². The first kappa shape index (κ1) is 19.1. The monoisotopic (exact) mass is 420 g/mol. The van der Waals surface area contributed by atoms with Crippen LogP contribution in [0.1, 0.15) is 0 Å². The van der Waals surface area contributed by atoms with E-state index in [1.165, 1.54) is 0 Å². The van der Waals surface area contributed by atoms with Crippen LogP contribution in [0.3, 0.4) is 0 Å². The van der Waals surface area contributed by atoms with E-state index in [0.29, 0.717) is 22.5 Å². The fourth-order valence-electron chi connectivity index (χ4n) is 3.40. The quantitative estimate of drug-likeness (QED) is 0.329. The van der Waals surface area contributed by atoms with Crippen LogP contribution in [-0.2, 0) is 0 Å². The molecule has 0 spiro atoms. The highest BCUT2D eigenvalue weighted by Crippen LogP contribution is 2.34. The highest BCUT2D eigenvalue weighted by atomic mass is 35.5. The fraction of sp³-hybridized carbons (Fsp3) is 0. The molecule has 31 heavy (non-hydrogen) atoms. The van der Waals surface area contributed by atoms with Crippen molar-refractivity contribution < 1.29 is 0 Å². The Bertz CT molecular complexity index is 1270. The Labute approximate surface area is 185 Å². The van der Waals surface area contributed by atoms with Crippen LogP contribution in [0.25, 0.3) is 45.3 Å². The molecular formula is C26H17ClN4. The van der Waals surface area contributed by atoms with Gasteiger partial charge in [0.1, 0.15) is 0 Å². The maximum Gasteiger partial charge on any atom is 0.164 e. The number of rotatable bonds is 4. The lowest BCUT2D eigenvalue weighted by atomic mass is 10.0. The first-order valence-corrected chi connectivity index (χ1v) is 10.2. The molecule has 148 valence electrons. The van der Waals surface area contributed by atoms with Gasteiger partial charge in [0, 0.05) is 39.7 Å². The molecule has 0 radical (unpaired) electrons. The maximum absolute atomic E-state index is 6.38. The third-order valence-electron chi connectivity index (χ3n) is 4.89. The molecule has 0 aliphatic heterocycles. The Hall–Kier alpha value is -3.89. The van der Waals surface area contributed by atoms with Crippen molar-refractivity contribution in [1.82, 2.24) is 19.9 Å². The van der Waals surface area contributed by atoms with E-state index in [1.54, 1.807) is 6.20 Å². The Morgan fingerprint density at radius 2 is 1.10 bits per heavy atom. The molecule has 2 aromatic heterocycles. The van der Waals surface area contributed by atoms with Crippen LogP contribution in [0.15, 0.2) is 103 Å². The molecule has 0 aliphatic rings. The molecule has 4 nitrogen and oxygen atoms in total. The number of benzene rings is 3. The molecule has 0 fully saturated rings. The summed E-state index contributed by atoms with van der Waals surface area (Å²) in [6.45, 7) is 0. The number of pyridine rings is 1. The Morgan fingerprint density at radius 1 is 0.516 bits per heavy atom. The zero-order valence-electron chi connectivity index (χ0n) is 16.5. The molecule has 2 heterocycles. The molecule has 0 saturated heterocycles. The summed E-state index contributed by atoms with van der Waals surface area (Å²) >= 11 is 6.38. The Morgan fingerprint density at radius 3 is 1.68 bits per heavy atom. The smallest absolute Gasteiger partial charge is 0.164 e. The van der Waals surface area contributed by atoms with Crippen molar-refractivity contribution in [3.63, 3.8) is 0 Å². The predicted molar refractivity (Wildman–Crippen MR) is 124 cm³/mol. The van der Waals surface area contributed by atoms with Crippen molar-refractivity contribution in [2.24, 2.45) is 0 Å². The average Bonchev–Trinajstić information content (AvgIpc) is 2.85. The molecule has 0 atom stereocenters. The minimum absolute atomic E-state index is 0.564. The van der Waals surface area contributed by atoms with Crippen molar-refractivity contribution in [2.75, 3.05) is 0 Å². The standard InChI is InChI=1S/C26H17ClN4/c27-21-13-14-22(20-12-7-15-28-17-20)23(16-21)26-30-24(18-8-3-1-4-9-18)29-25(31-26)19-10-5-2-6-11-19/h1-17H. The van der Waals surface area contributed by atoms with Crippen molar-refractivity contribution >= 4 is 11.6 Å². The second kappa shape index (κ2) is 8.46. The first-order chi connectivity index (χ1) is 15.3. The summed E-state index contributed by atoms with van der Waals surface area (Å²) in [6.07, 6.45) is 3.58. The van der Waals surface area contributed by atoms with E-state index in [0.717, 1.165) is 27.8 Å². The van der Waals surface area contributed by atoms with Crippen molar-refractivity contribution in [2.45, 2.75) is 0 Å². The summed E-state index contributed by atoms with van der Waals surface area (Å²) < 4.78 is 0. The van der Waals surface area contributed by atoms with Gasteiger partial charge in [0.2, 0.25) is 0 Å². The first-order valence-electron chi connectivity index (χ1n) is 9.85. The summed E-state index contributed by atoms with van der Waals surface area (Å²) in [5.74, 6) is 1.79. The van der Waals surface area contributed by atoms with Crippen LogP contribution in [0.5, 0.6) is 0 Å². The average molecular weight is 421 g/mol. The van der Waals surface area contributed by atoms with E-state index in [2.05, 4.69) is 4.98 Å². The molecular weight excluding hydrogens is 404 g/mol. The number of halogens is 1. The zero-order valence-corrected chi connectivity index (χ0v) is 17.2. The van der Waals surface area contributed by atoms with Gasteiger partial charge in [-0.15, -0.1) is 0 Å². The van der Waals surface area contributed by atoms with Crippen LogP contribution in [-0.4, -0.2) is 19.9 Å². The summed E-state index contributed by atoms with van der Waals surface area (Å²) in [5.41, 5.74) is 4.61. The van der Waals surface area contributed by atoms with Gasteiger partial charge in [0.15, 0.2) is 17.5 Å². The molecule has 0 bridgehead atoms. The maximum atomic E-state index is 6.38. The largest absolute Gasteiger partial charge is 0.264 e. The van der Waals surface area contributed by atoms with Gasteiger partial charge in [0.25, 0.3) is 0 Å². The number of nitrogens with zero attached hydrogens (tertiary/aromatic N) is 4. The summed E-state index contributed by atoms with van der Waals surface area (Å²) in [6, 6.07) is 29.5. The molecule has 0 unspecified atom stereocenters. The SMILES string of the molecule is Clc1ccc(-c2cccnc2)c(-c2nc(-c3ccccc3)nc(-c3ccccc3)n2)c1. The lowest BCUT2D eigenvalue weighted by Gasteiger charge is -2.12. The Balaban J connectivity index is 1.76. The van der Waals surface area contributed by atoms with Gasteiger partial charge in [-0.1, -0.05) is 84.4 Å². The zero-order chi connectivity index (χ0) is 21.0. The van der Waals surface area contributed by atoms with Gasteiger partial charge in [-0.05, 0) is 23.8 Å². The number of hydrogen-bond donors (Lipinski definition) is 0. The molecule has 0 N–H and O–H groups in total. The predicted octanol–water partition coefficient (Wildman–Crippen LogP) is 6.59. The third-order valence-corrected chi connectivity index (χ3v) is 5.13. The number of hydrogen-bond acceptors (Lipinski definition) is 4. The molecule has 3 aromatic carbocycles. The lowest BCUT2D eigenvalue weighted by Crippen LogP contribution is -2.01. The minimum atomic E-state index is 0.564. The summed E-state index contributed by atoms with van der Waals surface area (Å²) in [5, 5.41) is 0.616. The second-order valence-electron chi connectivity index (χ2n) is 6.97. The van der Waals surface area contributed by atoms with E-state index in [4.69, 9.17) is 26.6 Å². The van der Waals surface area contributed by atoms with Crippen LogP contribution in [0, 0.1) is 0 Å². The van der Waals surface area contributed by atoms with Crippen LogP contribution < -0.4 is 0 Å². The van der Waals surface area contributed by atoms with E-state index in [1.807, 2.05) is 97.2 Å². The van der Waals surface area contributed by atoms with E-state index < -0.39 is 0 Å². The van der Waals surface area contributed by atoms with Gasteiger partial charge in [0.05, 0.1) is 0 Å². The summed E-state index contributed by atoms with van der Waals surface area (Å²) in [7, 11) is 0. The van der Waals surface area contributed by atoms with E-state index >= 15 is 0 Å². The van der Waals surface area contributed by atoms with E-state index in [9.17, 15) is 0 Å². The van der Waals surface area contributed by atoms with Crippen molar-refractivity contribution in [3.8, 4) is 45.3 Å². The van der Waals surface area contributed by atoms with Gasteiger partial charge in [-0.3, -0.25) is 4.98 Å². The highest BCUT2D eigenvalue weighted by molar-refractivity contribution is 6.31. The highest BCUT2D eigenvalue weighted by Gasteiger charge is 2.16. The van der Waals surface area contributed by atoms with Gasteiger partial charge in [-0.25, -0.2) is 15.0 Å². The van der Waals surface area contributed by atoms with Crippen LogP contribution in [0.2, 0.25) is 5.02 Å². The molecule has 5 rings (SSSR count). The fourth-order valence-corrected chi connectivity index (χ4v) is 3.58. The van der Waals surface area contributed by atoms with Gasteiger partial charge < -0.3 is 0 Å². The molecule has 0 amide bonds. The van der Waals surface area contributed by atoms with E-state index in [-0.39, 0.29) is 0 Å². The molecule has 0 aliphatic carbocycles. The number of aromatic nitrogens is 4. The van der Waals surface area contributed by atoms with Gasteiger partial charge in [-0.2, -0.15) is 0 Å². The lowest BCUT2D eigenvalue weighted by molar-refractivity contribution is 1.07. The van der Waals surface area contributed by atoms with Crippen LogP contribution >= 0.6 is 11.6 Å². The summed E-state index contributed by atoms with van der Waals surface area (Å²) in [4.78, 5) is 18.7. The Kier molecular flexibility index (Phi) is 5.21. The van der Waals surface area contributed by atoms with Gasteiger partial charge >= 0.3 is 0 Å². The second-order valence-corrected chi connectivity index (χ2v) is 7.41.